The van der Waals surface area contributed by atoms with E-state index in [1.807, 2.05) is 0 Å². The quantitative estimate of drug-likeness (QED) is 0.812. The van der Waals surface area contributed by atoms with Gasteiger partial charge in [-0.1, -0.05) is 12.1 Å². The molecule has 1 atom stereocenters. The summed E-state index contributed by atoms with van der Waals surface area (Å²) in [5, 5.41) is 2.36. The number of hydrogen-bond donors (Lipinski definition) is 1. The van der Waals surface area contributed by atoms with Gasteiger partial charge >= 0.3 is 0 Å². The fraction of sp³-hybridized carbons (Fsp3) is 0.625. The van der Waals surface area contributed by atoms with Gasteiger partial charge in [0.05, 0.1) is 0 Å². The van der Waals surface area contributed by atoms with Crippen LogP contribution >= 0.6 is 0 Å². The van der Waals surface area contributed by atoms with Crippen molar-refractivity contribution in [1.29, 1.82) is 0 Å². The highest BCUT2D eigenvalue weighted by atomic mass is 16.5. The molecule has 1 fully saturated rings. The van der Waals surface area contributed by atoms with Gasteiger partial charge in [0.25, 0.3) is 0 Å². The number of anilines is 1. The molecule has 1 aliphatic rings. The second-order valence-electron chi connectivity index (χ2n) is 5.20. The lowest BCUT2D eigenvalue weighted by molar-refractivity contribution is -0.676. The normalized spacial score (nSPS) is 18.7. The fourth-order valence-electron chi connectivity index (χ4n) is 2.70. The zero-order valence-corrected chi connectivity index (χ0v) is 12.3. The van der Waals surface area contributed by atoms with E-state index in [2.05, 4.69) is 48.3 Å². The van der Waals surface area contributed by atoms with Crippen LogP contribution in [0.4, 0.5) is 5.69 Å². The Morgan fingerprint density at radius 1 is 1.21 bits per heavy atom. The van der Waals surface area contributed by atoms with E-state index in [-0.39, 0.29) is 0 Å². The highest BCUT2D eigenvalue weighted by Gasteiger charge is 2.16. The Morgan fingerprint density at radius 3 is 2.53 bits per heavy atom. The number of hydrogen-bond acceptors (Lipinski definition) is 2. The molecule has 2 rings (SSSR count). The third-order valence-electron chi connectivity index (χ3n) is 3.90. The van der Waals surface area contributed by atoms with E-state index in [4.69, 9.17) is 4.74 Å². The van der Waals surface area contributed by atoms with Crippen molar-refractivity contribution in [2.24, 2.45) is 0 Å². The monoisotopic (exact) mass is 263 g/mol. The first kappa shape index (κ1) is 14.4. The van der Waals surface area contributed by atoms with Gasteiger partial charge in [-0.05, 0) is 38.8 Å². The maximum atomic E-state index is 5.63. The minimum absolute atomic E-state index is 0.481. The van der Waals surface area contributed by atoms with Crippen molar-refractivity contribution in [2.75, 3.05) is 31.1 Å². The van der Waals surface area contributed by atoms with Gasteiger partial charge in [-0.3, -0.25) is 0 Å². The summed E-state index contributed by atoms with van der Waals surface area (Å²) in [6, 6.07) is 8.98. The molecular formula is C16H27N2O+. The molecule has 19 heavy (non-hydrogen) atoms. The van der Waals surface area contributed by atoms with Gasteiger partial charge in [0.15, 0.2) is 0 Å². The molecule has 1 aliphatic heterocycles. The van der Waals surface area contributed by atoms with Crippen molar-refractivity contribution >= 4 is 5.69 Å². The minimum atomic E-state index is 0.481. The van der Waals surface area contributed by atoms with Gasteiger partial charge in [0.1, 0.15) is 19.2 Å². The van der Waals surface area contributed by atoms with E-state index in [9.17, 15) is 0 Å². The van der Waals surface area contributed by atoms with Crippen LogP contribution in [0.2, 0.25) is 0 Å². The van der Waals surface area contributed by atoms with Gasteiger partial charge in [0, 0.05) is 30.9 Å². The van der Waals surface area contributed by atoms with Crippen LogP contribution in [-0.4, -0.2) is 32.3 Å². The Kier molecular flexibility index (Phi) is 5.67. The van der Waals surface area contributed by atoms with Gasteiger partial charge in [0.2, 0.25) is 0 Å². The molecule has 0 unspecified atom stereocenters. The molecule has 106 valence electrons. The highest BCUT2D eigenvalue weighted by molar-refractivity contribution is 5.47. The van der Waals surface area contributed by atoms with Crippen LogP contribution in [0.1, 0.15) is 32.3 Å². The first-order valence-electron chi connectivity index (χ1n) is 7.60. The van der Waals surface area contributed by atoms with Crippen molar-refractivity contribution in [2.45, 2.75) is 39.3 Å². The summed E-state index contributed by atoms with van der Waals surface area (Å²) in [5.74, 6) is 0. The number of quaternary nitrogens is 1. The number of rotatable bonds is 7. The number of benzene rings is 1. The third kappa shape index (κ3) is 4.22. The van der Waals surface area contributed by atoms with E-state index in [1.165, 1.54) is 24.1 Å². The zero-order chi connectivity index (χ0) is 13.5. The zero-order valence-electron chi connectivity index (χ0n) is 12.3. The van der Waals surface area contributed by atoms with E-state index in [0.29, 0.717) is 6.10 Å². The molecule has 1 saturated heterocycles. The Balaban J connectivity index is 1.77. The van der Waals surface area contributed by atoms with Crippen molar-refractivity contribution in [3.8, 4) is 0 Å². The summed E-state index contributed by atoms with van der Waals surface area (Å²) in [6.45, 7) is 9.65. The van der Waals surface area contributed by atoms with Crippen molar-refractivity contribution in [3.05, 3.63) is 29.8 Å². The van der Waals surface area contributed by atoms with Gasteiger partial charge < -0.3 is 15.0 Å². The topological polar surface area (TPSA) is 29.1 Å². The lowest BCUT2D eigenvalue weighted by Crippen LogP contribution is -2.84. The molecule has 2 N–H and O–H groups in total. The Labute approximate surface area is 116 Å². The first-order chi connectivity index (χ1) is 9.33. The number of nitrogens with two attached hydrogens (primary N) is 1. The first-order valence-corrected chi connectivity index (χ1v) is 7.60. The fourth-order valence-corrected chi connectivity index (χ4v) is 2.70. The van der Waals surface area contributed by atoms with E-state index < -0.39 is 0 Å². The average molecular weight is 263 g/mol. The third-order valence-corrected chi connectivity index (χ3v) is 3.90. The van der Waals surface area contributed by atoms with E-state index >= 15 is 0 Å². The standard InChI is InChI=1S/C16H26N2O/c1-3-18(4-2)15-9-7-14(8-10-15)12-17-13-16-6-5-11-19-16/h7-10,16-17H,3-6,11-13H2,1-2H3/p+1/t16-/m1/s1. The number of nitrogens with zero attached hydrogens (tertiary/aromatic N) is 1. The second-order valence-corrected chi connectivity index (χ2v) is 5.20. The molecule has 0 aromatic heterocycles. The molecule has 1 heterocycles. The molecular weight excluding hydrogens is 236 g/mol. The molecule has 1 aromatic carbocycles. The molecule has 0 amide bonds. The van der Waals surface area contributed by atoms with E-state index in [1.54, 1.807) is 0 Å². The molecule has 0 saturated carbocycles. The maximum absolute atomic E-state index is 5.63. The molecule has 0 aliphatic carbocycles. The minimum Gasteiger partial charge on any atom is -0.372 e. The van der Waals surface area contributed by atoms with Crippen LogP contribution in [0, 0.1) is 0 Å². The molecule has 1 aromatic rings. The summed E-state index contributed by atoms with van der Waals surface area (Å²) < 4.78 is 5.63. The summed E-state index contributed by atoms with van der Waals surface area (Å²) >= 11 is 0. The summed E-state index contributed by atoms with van der Waals surface area (Å²) in [4.78, 5) is 2.37. The van der Waals surface area contributed by atoms with Crippen LogP contribution in [0.25, 0.3) is 0 Å². The lowest BCUT2D eigenvalue weighted by Gasteiger charge is -2.21. The maximum Gasteiger partial charge on any atom is 0.106 e. The molecule has 0 radical (unpaired) electrons. The Bertz CT molecular complexity index is 354. The van der Waals surface area contributed by atoms with Crippen molar-refractivity contribution < 1.29 is 10.1 Å². The van der Waals surface area contributed by atoms with Crippen LogP contribution in [0.15, 0.2) is 24.3 Å². The second kappa shape index (κ2) is 7.51. The van der Waals surface area contributed by atoms with Crippen molar-refractivity contribution in [1.82, 2.24) is 0 Å². The Hall–Kier alpha value is -1.06. The van der Waals surface area contributed by atoms with Gasteiger partial charge in [-0.15, -0.1) is 0 Å². The van der Waals surface area contributed by atoms with E-state index in [0.717, 1.165) is 32.8 Å². The van der Waals surface area contributed by atoms with Crippen LogP contribution in [0.5, 0.6) is 0 Å². The predicted molar refractivity (Wildman–Crippen MR) is 79.5 cm³/mol. The van der Waals surface area contributed by atoms with Crippen LogP contribution < -0.4 is 10.2 Å². The lowest BCUT2D eigenvalue weighted by atomic mass is 10.2. The van der Waals surface area contributed by atoms with Crippen molar-refractivity contribution in [3.63, 3.8) is 0 Å². The average Bonchev–Trinajstić information content (AvgIpc) is 2.95. The molecule has 0 spiro atoms. The summed E-state index contributed by atoms with van der Waals surface area (Å²) in [6.07, 6.45) is 2.95. The van der Waals surface area contributed by atoms with Crippen LogP contribution in [0.3, 0.4) is 0 Å². The summed E-state index contributed by atoms with van der Waals surface area (Å²) in [5.41, 5.74) is 2.72. The Morgan fingerprint density at radius 2 is 1.95 bits per heavy atom. The largest absolute Gasteiger partial charge is 0.372 e. The number of ether oxygens (including phenoxy) is 1. The molecule has 3 nitrogen and oxygen atoms in total. The smallest absolute Gasteiger partial charge is 0.106 e. The molecule has 0 bridgehead atoms. The van der Waals surface area contributed by atoms with Gasteiger partial charge in [-0.2, -0.15) is 0 Å². The summed E-state index contributed by atoms with van der Waals surface area (Å²) in [7, 11) is 0. The molecule has 3 heteroatoms. The van der Waals surface area contributed by atoms with Crippen LogP contribution in [-0.2, 0) is 11.3 Å². The predicted octanol–water partition coefficient (Wildman–Crippen LogP) is 1.78. The van der Waals surface area contributed by atoms with Gasteiger partial charge in [-0.25, -0.2) is 0 Å². The SMILES string of the molecule is CCN(CC)c1ccc(C[NH2+]C[C@H]2CCCO2)cc1. The highest BCUT2D eigenvalue weighted by Crippen LogP contribution is 2.14.